The number of amides is 1. The molecule has 0 saturated carbocycles. The minimum Gasteiger partial charge on any atom is -0.494 e. The minimum atomic E-state index is -0.400. The number of carbonyl (C=O) groups excluding carboxylic acids is 1. The number of fused-ring (bicyclic) bond motifs is 1. The summed E-state index contributed by atoms with van der Waals surface area (Å²) in [6.07, 6.45) is 1.45. The van der Waals surface area contributed by atoms with Gasteiger partial charge < -0.3 is 5.11 Å². The number of aromatic hydroxyl groups is 1. The van der Waals surface area contributed by atoms with E-state index in [2.05, 4.69) is 34.2 Å². The Morgan fingerprint density at radius 3 is 2.00 bits per heavy atom. The molecule has 5 nitrogen and oxygen atoms in total. The van der Waals surface area contributed by atoms with Crippen LogP contribution in [0.3, 0.4) is 0 Å². The van der Waals surface area contributed by atoms with Gasteiger partial charge in [-0.3, -0.25) is 14.3 Å². The van der Waals surface area contributed by atoms with Crippen molar-refractivity contribution in [2.24, 2.45) is 4.99 Å². The summed E-state index contributed by atoms with van der Waals surface area (Å²) in [5, 5.41) is 12.7. The number of carbonyl (C=O) groups is 1. The van der Waals surface area contributed by atoms with Crippen LogP contribution in [0.25, 0.3) is 10.9 Å². The Labute approximate surface area is 220 Å². The molecule has 4 aromatic carbocycles. The first-order chi connectivity index (χ1) is 18.1. The summed E-state index contributed by atoms with van der Waals surface area (Å²) in [7, 11) is 0. The first-order valence-corrected chi connectivity index (χ1v) is 12.4. The molecule has 0 fully saturated rings. The Morgan fingerprint density at radius 1 is 0.811 bits per heavy atom. The van der Waals surface area contributed by atoms with Gasteiger partial charge >= 0.3 is 0 Å². The highest BCUT2D eigenvalue weighted by molar-refractivity contribution is 6.30. The molecule has 0 bridgehead atoms. The van der Waals surface area contributed by atoms with E-state index in [-0.39, 0.29) is 5.88 Å². The van der Waals surface area contributed by atoms with E-state index in [4.69, 9.17) is 11.6 Å². The van der Waals surface area contributed by atoms with Crippen molar-refractivity contribution >= 4 is 34.6 Å². The largest absolute Gasteiger partial charge is 0.494 e. The number of para-hydroxylation sites is 1. The maximum absolute atomic E-state index is 12.6. The fraction of sp³-hybridized carbons (Fsp3) is 0.0968. The zero-order valence-corrected chi connectivity index (χ0v) is 20.9. The third-order valence-corrected chi connectivity index (χ3v) is 6.48. The highest BCUT2D eigenvalue weighted by atomic mass is 35.5. The number of nitrogens with zero attached hydrogens (tertiary/aromatic N) is 3. The first kappa shape index (κ1) is 24.5. The van der Waals surface area contributed by atoms with Crippen LogP contribution >= 0.6 is 11.6 Å². The van der Waals surface area contributed by atoms with Crippen LogP contribution in [0.4, 0.5) is 0 Å². The molecule has 0 aliphatic rings. The molecule has 1 amide bonds. The topological polar surface area (TPSA) is 57.8 Å². The zero-order chi connectivity index (χ0) is 25.6. The van der Waals surface area contributed by atoms with Crippen LogP contribution in [0.1, 0.15) is 27.0 Å². The number of rotatable bonds is 8. The van der Waals surface area contributed by atoms with Crippen molar-refractivity contribution in [1.29, 1.82) is 0 Å². The molecular formula is C31H26ClN3O2. The molecule has 1 heterocycles. The molecular weight excluding hydrogens is 482 g/mol. The lowest BCUT2D eigenvalue weighted by molar-refractivity contribution is 0.100. The van der Waals surface area contributed by atoms with Crippen molar-refractivity contribution in [2.75, 3.05) is 0 Å². The third kappa shape index (κ3) is 5.80. The molecule has 37 heavy (non-hydrogen) atoms. The maximum Gasteiger partial charge on any atom is 0.276 e. The fourth-order valence-electron chi connectivity index (χ4n) is 4.42. The van der Waals surface area contributed by atoms with E-state index in [1.54, 1.807) is 24.3 Å². The Bertz CT molecular complexity index is 1490. The smallest absolute Gasteiger partial charge is 0.276 e. The van der Waals surface area contributed by atoms with E-state index < -0.39 is 5.91 Å². The number of hydrogen-bond donors (Lipinski definition) is 1. The number of benzene rings is 4. The number of aromatic nitrogens is 1. The number of hydrogen-bond acceptors (Lipinski definition) is 3. The van der Waals surface area contributed by atoms with Crippen LogP contribution in [0.15, 0.2) is 114 Å². The SMILES string of the molecule is O=C(N=Cc1c(O)n(CN(Cc2ccccc2)Cc2ccccc2)c2ccccc12)c1ccc(Cl)cc1. The average Bonchev–Trinajstić information content (AvgIpc) is 3.19. The van der Waals surface area contributed by atoms with Crippen molar-refractivity contribution in [2.45, 2.75) is 19.8 Å². The summed E-state index contributed by atoms with van der Waals surface area (Å²) in [5.41, 5.74) is 4.18. The lowest BCUT2D eigenvalue weighted by Crippen LogP contribution is -2.25. The van der Waals surface area contributed by atoms with Crippen molar-refractivity contribution in [3.8, 4) is 5.88 Å². The molecule has 5 aromatic rings. The van der Waals surface area contributed by atoms with Gasteiger partial charge in [-0.2, -0.15) is 0 Å². The second-order valence-electron chi connectivity index (χ2n) is 8.85. The summed E-state index contributed by atoms with van der Waals surface area (Å²) in [6.45, 7) is 1.87. The Kier molecular flexibility index (Phi) is 7.45. The van der Waals surface area contributed by atoms with E-state index in [9.17, 15) is 9.90 Å². The van der Waals surface area contributed by atoms with Crippen LogP contribution in [-0.2, 0) is 19.8 Å². The Balaban J connectivity index is 1.48. The third-order valence-electron chi connectivity index (χ3n) is 6.22. The van der Waals surface area contributed by atoms with Gasteiger partial charge in [-0.1, -0.05) is 90.5 Å². The van der Waals surface area contributed by atoms with Gasteiger partial charge in [-0.15, -0.1) is 0 Å². The fourth-order valence-corrected chi connectivity index (χ4v) is 4.54. The summed E-state index contributed by atoms with van der Waals surface area (Å²) in [6, 6.07) is 34.9. The van der Waals surface area contributed by atoms with Crippen molar-refractivity contribution in [1.82, 2.24) is 9.47 Å². The predicted molar refractivity (Wildman–Crippen MR) is 149 cm³/mol. The van der Waals surface area contributed by atoms with E-state index in [0.717, 1.165) is 10.9 Å². The molecule has 0 unspecified atom stereocenters. The van der Waals surface area contributed by atoms with Crippen molar-refractivity contribution in [3.63, 3.8) is 0 Å². The van der Waals surface area contributed by atoms with E-state index in [1.165, 1.54) is 17.3 Å². The van der Waals surface area contributed by atoms with Crippen LogP contribution in [0.5, 0.6) is 5.88 Å². The van der Waals surface area contributed by atoms with Gasteiger partial charge in [0.25, 0.3) is 5.91 Å². The molecule has 0 spiro atoms. The predicted octanol–water partition coefficient (Wildman–Crippen LogP) is 6.92. The van der Waals surface area contributed by atoms with Gasteiger partial charge in [0.15, 0.2) is 0 Å². The molecule has 5 rings (SSSR count). The molecule has 184 valence electrons. The average molecular weight is 508 g/mol. The van der Waals surface area contributed by atoms with Crippen LogP contribution in [0, 0.1) is 0 Å². The summed E-state index contributed by atoms with van der Waals surface area (Å²) in [4.78, 5) is 19.0. The van der Waals surface area contributed by atoms with Gasteiger partial charge in [0.05, 0.1) is 17.7 Å². The first-order valence-electron chi connectivity index (χ1n) is 12.0. The van der Waals surface area contributed by atoms with Gasteiger partial charge in [-0.25, -0.2) is 4.99 Å². The summed E-state index contributed by atoms with van der Waals surface area (Å²) < 4.78 is 1.87. The second kappa shape index (κ2) is 11.2. The molecule has 0 atom stereocenters. The molecule has 0 radical (unpaired) electrons. The highest BCUT2D eigenvalue weighted by Gasteiger charge is 2.18. The number of aliphatic imine (C=N–C) groups is 1. The zero-order valence-electron chi connectivity index (χ0n) is 20.2. The highest BCUT2D eigenvalue weighted by Crippen LogP contribution is 2.31. The standard InChI is InChI=1S/C31H26ClN3O2/c32-26-17-15-25(16-18-26)30(36)33-19-28-27-13-7-8-14-29(27)35(31(28)37)22-34(20-23-9-3-1-4-10-23)21-24-11-5-2-6-12-24/h1-19,37H,20-22H2. The van der Waals surface area contributed by atoms with Gasteiger partial charge in [-0.05, 0) is 41.5 Å². The van der Waals surface area contributed by atoms with Crippen molar-refractivity contribution in [3.05, 3.63) is 136 Å². The molecule has 0 saturated heterocycles. The van der Waals surface area contributed by atoms with Crippen LogP contribution in [0.2, 0.25) is 5.02 Å². The molecule has 1 N–H and O–H groups in total. The molecule has 6 heteroatoms. The van der Waals surface area contributed by atoms with E-state index >= 15 is 0 Å². The maximum atomic E-state index is 12.6. The molecule has 1 aromatic heterocycles. The normalized spacial score (nSPS) is 11.5. The summed E-state index contributed by atoms with van der Waals surface area (Å²) in [5.74, 6) is -0.331. The lowest BCUT2D eigenvalue weighted by atomic mass is 10.2. The molecule has 0 aliphatic heterocycles. The van der Waals surface area contributed by atoms with Gasteiger partial charge in [0.2, 0.25) is 5.88 Å². The van der Waals surface area contributed by atoms with Gasteiger partial charge in [0, 0.05) is 35.3 Å². The van der Waals surface area contributed by atoms with E-state index in [0.29, 0.717) is 35.9 Å². The quantitative estimate of drug-likeness (QED) is 0.232. The molecule has 0 aliphatic carbocycles. The Hall–Kier alpha value is -4.19. The number of halogens is 1. The summed E-state index contributed by atoms with van der Waals surface area (Å²) >= 11 is 5.93. The lowest BCUT2D eigenvalue weighted by Gasteiger charge is -2.24. The minimum absolute atomic E-state index is 0.0694. The van der Waals surface area contributed by atoms with Crippen molar-refractivity contribution < 1.29 is 9.90 Å². The van der Waals surface area contributed by atoms with Crippen LogP contribution < -0.4 is 0 Å². The van der Waals surface area contributed by atoms with Gasteiger partial charge in [0.1, 0.15) is 0 Å². The second-order valence-corrected chi connectivity index (χ2v) is 9.29. The monoisotopic (exact) mass is 507 g/mol. The van der Waals surface area contributed by atoms with Crippen LogP contribution in [-0.4, -0.2) is 26.7 Å². The van der Waals surface area contributed by atoms with E-state index in [1.807, 2.05) is 65.2 Å². The Morgan fingerprint density at radius 2 is 1.38 bits per heavy atom.